The molecule has 0 unspecified atom stereocenters. The van der Waals surface area contributed by atoms with Crippen molar-refractivity contribution in [3.05, 3.63) is 116 Å². The molecule has 0 saturated carbocycles. The van der Waals surface area contributed by atoms with Gasteiger partial charge in [-0.15, -0.1) is 0 Å². The Morgan fingerprint density at radius 3 is 2.33 bits per heavy atom. The van der Waals surface area contributed by atoms with Crippen molar-refractivity contribution >= 4 is 29.6 Å². The molecule has 1 fully saturated rings. The SMILES string of the molecule is Cc1ccccc1-n1[nH]c(-c2ccc(Cl)cc2)c(/C=C2\NC(=O)N(Cc3ccc(F)cc3)C2=O)c1=O. The van der Waals surface area contributed by atoms with E-state index in [9.17, 15) is 18.8 Å². The second-order valence-electron chi connectivity index (χ2n) is 8.34. The summed E-state index contributed by atoms with van der Waals surface area (Å²) in [7, 11) is 0. The Kier molecular flexibility index (Phi) is 6.03. The van der Waals surface area contributed by atoms with Crippen LogP contribution in [0.1, 0.15) is 16.7 Å². The first-order valence-electron chi connectivity index (χ1n) is 11.1. The van der Waals surface area contributed by atoms with Crippen molar-refractivity contribution in [1.29, 1.82) is 0 Å². The van der Waals surface area contributed by atoms with Crippen LogP contribution in [-0.4, -0.2) is 26.6 Å². The molecule has 2 heterocycles. The number of hydrogen-bond donors (Lipinski definition) is 2. The maximum absolute atomic E-state index is 13.6. The van der Waals surface area contributed by atoms with Gasteiger partial charge in [-0.2, -0.15) is 0 Å². The molecule has 1 aromatic heterocycles. The number of aryl methyl sites for hydroxylation is 1. The van der Waals surface area contributed by atoms with Crippen LogP contribution in [0, 0.1) is 12.7 Å². The third-order valence-corrected chi connectivity index (χ3v) is 6.17. The Labute approximate surface area is 210 Å². The summed E-state index contributed by atoms with van der Waals surface area (Å²) < 4.78 is 14.6. The smallest absolute Gasteiger partial charge is 0.303 e. The molecule has 1 saturated heterocycles. The highest BCUT2D eigenvalue weighted by molar-refractivity contribution is 6.30. The molecule has 0 radical (unpaired) electrons. The monoisotopic (exact) mass is 502 g/mol. The molecule has 0 bridgehead atoms. The van der Waals surface area contributed by atoms with Gasteiger partial charge in [-0.25, -0.2) is 13.9 Å². The molecule has 180 valence electrons. The largest absolute Gasteiger partial charge is 0.329 e. The van der Waals surface area contributed by atoms with E-state index >= 15 is 0 Å². The summed E-state index contributed by atoms with van der Waals surface area (Å²) in [6.07, 6.45) is 1.38. The number of aromatic amines is 1. The van der Waals surface area contributed by atoms with Gasteiger partial charge in [0.15, 0.2) is 0 Å². The number of amides is 3. The van der Waals surface area contributed by atoms with E-state index in [0.29, 0.717) is 27.5 Å². The standard InChI is InChI=1S/C27H20ClFN4O3/c1-16-4-2-3-5-23(16)33-25(34)21(24(31-33)18-8-10-19(28)11-9-18)14-22-26(35)32(27(36)30-22)15-17-6-12-20(29)13-7-17/h2-14,31H,15H2,1H3,(H,30,36)/b22-14-. The Bertz CT molecular complexity index is 1570. The third-order valence-electron chi connectivity index (χ3n) is 5.92. The molecule has 3 amide bonds. The van der Waals surface area contributed by atoms with Crippen molar-refractivity contribution in [2.45, 2.75) is 13.5 Å². The minimum atomic E-state index is -0.626. The lowest BCUT2D eigenvalue weighted by molar-refractivity contribution is -0.123. The maximum atomic E-state index is 13.6. The van der Waals surface area contributed by atoms with Crippen molar-refractivity contribution in [3.8, 4) is 16.9 Å². The van der Waals surface area contributed by atoms with Crippen LogP contribution >= 0.6 is 11.6 Å². The average molecular weight is 503 g/mol. The van der Waals surface area contributed by atoms with Gasteiger partial charge in [0, 0.05) is 10.6 Å². The van der Waals surface area contributed by atoms with Gasteiger partial charge in [-0.05, 0) is 54.5 Å². The molecule has 0 spiro atoms. The van der Waals surface area contributed by atoms with E-state index in [4.69, 9.17) is 11.6 Å². The minimum absolute atomic E-state index is 0.0348. The molecular weight excluding hydrogens is 483 g/mol. The second-order valence-corrected chi connectivity index (χ2v) is 8.78. The second kappa shape index (κ2) is 9.31. The number of aromatic nitrogens is 2. The molecule has 9 heteroatoms. The molecule has 4 aromatic rings. The lowest BCUT2D eigenvalue weighted by Gasteiger charge is -2.11. The highest BCUT2D eigenvalue weighted by Gasteiger charge is 2.34. The van der Waals surface area contributed by atoms with Crippen LogP contribution in [-0.2, 0) is 11.3 Å². The van der Waals surface area contributed by atoms with Crippen molar-refractivity contribution in [2.75, 3.05) is 0 Å². The van der Waals surface area contributed by atoms with E-state index < -0.39 is 17.8 Å². The van der Waals surface area contributed by atoms with E-state index in [1.54, 1.807) is 24.3 Å². The van der Waals surface area contributed by atoms with Crippen LogP contribution in [0.2, 0.25) is 5.02 Å². The van der Waals surface area contributed by atoms with Crippen LogP contribution in [0.5, 0.6) is 0 Å². The Hall–Kier alpha value is -4.43. The zero-order valence-corrected chi connectivity index (χ0v) is 19.8. The number of benzene rings is 3. The van der Waals surface area contributed by atoms with Gasteiger partial charge in [0.05, 0.1) is 23.5 Å². The number of nitrogens with one attached hydrogen (secondary N) is 2. The predicted octanol–water partition coefficient (Wildman–Crippen LogP) is 5.03. The number of carbonyl (C=O) groups excluding carboxylic acids is 2. The van der Waals surface area contributed by atoms with Crippen LogP contribution in [0.4, 0.5) is 9.18 Å². The first kappa shape index (κ1) is 23.3. The van der Waals surface area contributed by atoms with Crippen LogP contribution in [0.25, 0.3) is 23.0 Å². The lowest BCUT2D eigenvalue weighted by Crippen LogP contribution is -2.30. The number of urea groups is 1. The summed E-state index contributed by atoms with van der Waals surface area (Å²) >= 11 is 6.05. The van der Waals surface area contributed by atoms with E-state index in [1.165, 1.54) is 35.0 Å². The number of rotatable bonds is 5. The molecule has 0 aliphatic carbocycles. The molecule has 7 nitrogen and oxygen atoms in total. The van der Waals surface area contributed by atoms with Gasteiger partial charge in [-0.1, -0.05) is 54.1 Å². The fraction of sp³-hybridized carbons (Fsp3) is 0.0741. The van der Waals surface area contributed by atoms with Crippen molar-refractivity contribution in [2.24, 2.45) is 0 Å². The Balaban J connectivity index is 1.58. The molecule has 2 N–H and O–H groups in total. The van der Waals surface area contributed by atoms with Crippen molar-refractivity contribution < 1.29 is 14.0 Å². The molecule has 3 aromatic carbocycles. The number of imide groups is 1. The summed E-state index contributed by atoms with van der Waals surface area (Å²) in [5.41, 5.74) is 3.04. The van der Waals surface area contributed by atoms with Gasteiger partial charge in [0.25, 0.3) is 11.5 Å². The molecule has 0 atom stereocenters. The molecule has 1 aliphatic rings. The zero-order valence-electron chi connectivity index (χ0n) is 19.1. The molecule has 5 rings (SSSR count). The summed E-state index contributed by atoms with van der Waals surface area (Å²) in [5.74, 6) is -1.00. The van der Waals surface area contributed by atoms with Crippen LogP contribution in [0.3, 0.4) is 0 Å². The average Bonchev–Trinajstić information content (AvgIpc) is 3.32. The highest BCUT2D eigenvalue weighted by Crippen LogP contribution is 2.26. The number of carbonyl (C=O) groups is 2. The van der Waals surface area contributed by atoms with Crippen LogP contribution in [0.15, 0.2) is 83.3 Å². The summed E-state index contributed by atoms with van der Waals surface area (Å²) in [6, 6.07) is 19.2. The topological polar surface area (TPSA) is 87.2 Å². The van der Waals surface area contributed by atoms with Gasteiger partial charge in [-0.3, -0.25) is 19.6 Å². The van der Waals surface area contributed by atoms with E-state index in [2.05, 4.69) is 10.4 Å². The first-order chi connectivity index (χ1) is 17.3. The maximum Gasteiger partial charge on any atom is 0.329 e. The summed E-state index contributed by atoms with van der Waals surface area (Å²) in [6.45, 7) is 1.85. The van der Waals surface area contributed by atoms with Gasteiger partial charge in [0.2, 0.25) is 0 Å². The fourth-order valence-corrected chi connectivity index (χ4v) is 4.16. The zero-order chi connectivity index (χ0) is 25.4. The number of para-hydroxylation sites is 1. The predicted molar refractivity (Wildman–Crippen MR) is 135 cm³/mol. The summed E-state index contributed by atoms with van der Waals surface area (Å²) in [4.78, 5) is 40.2. The van der Waals surface area contributed by atoms with Gasteiger partial charge in [0.1, 0.15) is 11.5 Å². The van der Waals surface area contributed by atoms with Gasteiger partial charge < -0.3 is 5.32 Å². The third kappa shape index (κ3) is 4.34. The first-order valence-corrected chi connectivity index (χ1v) is 11.5. The Morgan fingerprint density at radius 2 is 1.64 bits per heavy atom. The number of hydrogen-bond acceptors (Lipinski definition) is 3. The minimum Gasteiger partial charge on any atom is -0.303 e. The molecular formula is C27H20ClFN4O3. The highest BCUT2D eigenvalue weighted by atomic mass is 35.5. The normalized spacial score (nSPS) is 14.5. The fourth-order valence-electron chi connectivity index (χ4n) is 4.04. The number of halogens is 2. The van der Waals surface area contributed by atoms with Crippen molar-refractivity contribution in [3.63, 3.8) is 0 Å². The Morgan fingerprint density at radius 1 is 0.944 bits per heavy atom. The lowest BCUT2D eigenvalue weighted by atomic mass is 10.1. The van der Waals surface area contributed by atoms with Crippen LogP contribution < -0.4 is 10.9 Å². The van der Waals surface area contributed by atoms with E-state index in [1.807, 2.05) is 31.2 Å². The number of H-pyrrole nitrogens is 1. The number of nitrogens with zero attached hydrogens (tertiary/aromatic N) is 2. The van der Waals surface area contributed by atoms with Gasteiger partial charge >= 0.3 is 6.03 Å². The molecule has 36 heavy (non-hydrogen) atoms. The quantitative estimate of drug-likeness (QED) is 0.296. The van der Waals surface area contributed by atoms with Crippen molar-refractivity contribution in [1.82, 2.24) is 20.0 Å². The molecule has 1 aliphatic heterocycles. The summed E-state index contributed by atoms with van der Waals surface area (Å²) in [5, 5.41) is 6.23. The van der Waals surface area contributed by atoms with E-state index in [0.717, 1.165) is 10.5 Å². The van der Waals surface area contributed by atoms with E-state index in [-0.39, 0.29) is 23.4 Å².